The van der Waals surface area contributed by atoms with Crippen LogP contribution >= 0.6 is 0 Å². The Labute approximate surface area is 134 Å². The van der Waals surface area contributed by atoms with E-state index in [2.05, 4.69) is 28.5 Å². The lowest BCUT2D eigenvalue weighted by molar-refractivity contribution is 0.171. The number of nitrogens with zero attached hydrogens (tertiary/aromatic N) is 3. The van der Waals surface area contributed by atoms with Crippen molar-refractivity contribution in [1.29, 1.82) is 0 Å². The summed E-state index contributed by atoms with van der Waals surface area (Å²) in [6.07, 6.45) is 1.98. The maximum absolute atomic E-state index is 5.62. The molecule has 6 heteroatoms. The Bertz CT molecular complexity index is 830. The van der Waals surface area contributed by atoms with Gasteiger partial charge < -0.3 is 14.8 Å². The molecule has 3 aromatic rings. The van der Waals surface area contributed by atoms with Gasteiger partial charge in [0.05, 0.1) is 6.04 Å². The van der Waals surface area contributed by atoms with Crippen molar-refractivity contribution in [3.8, 4) is 11.5 Å². The summed E-state index contributed by atoms with van der Waals surface area (Å²) in [6.45, 7) is 4.02. The number of benzene rings is 1. The fourth-order valence-electron chi connectivity index (χ4n) is 2.72. The Morgan fingerprint density at radius 2 is 2.00 bits per heavy atom. The smallest absolute Gasteiger partial charge is 0.161 e. The molecular weight excluding hydrogens is 292 g/mol. The van der Waals surface area contributed by atoms with Crippen molar-refractivity contribution in [3.05, 3.63) is 54.0 Å². The van der Waals surface area contributed by atoms with E-state index in [4.69, 9.17) is 9.47 Å². The Kier molecular flexibility index (Phi) is 3.59. The molecule has 0 saturated carbocycles. The molecule has 4 rings (SSSR count). The van der Waals surface area contributed by atoms with Crippen LogP contribution in [0.25, 0.3) is 5.65 Å². The Hall–Kier alpha value is -2.60. The third-order valence-corrected chi connectivity index (χ3v) is 3.95. The first-order valence-electron chi connectivity index (χ1n) is 7.73. The van der Waals surface area contributed by atoms with E-state index in [1.54, 1.807) is 0 Å². The molecule has 0 spiro atoms. The third-order valence-electron chi connectivity index (χ3n) is 3.95. The Morgan fingerprint density at radius 3 is 2.91 bits per heavy atom. The summed E-state index contributed by atoms with van der Waals surface area (Å²) < 4.78 is 13.2. The molecule has 1 unspecified atom stereocenters. The van der Waals surface area contributed by atoms with Gasteiger partial charge in [0.15, 0.2) is 23.0 Å². The zero-order valence-electron chi connectivity index (χ0n) is 12.9. The highest BCUT2D eigenvalue weighted by Crippen LogP contribution is 2.30. The van der Waals surface area contributed by atoms with Crippen molar-refractivity contribution in [2.24, 2.45) is 0 Å². The Morgan fingerprint density at radius 1 is 1.13 bits per heavy atom. The predicted octanol–water partition coefficient (Wildman–Crippen LogP) is 2.35. The van der Waals surface area contributed by atoms with E-state index in [1.165, 1.54) is 0 Å². The van der Waals surface area contributed by atoms with Gasteiger partial charge in [0.25, 0.3) is 0 Å². The SMILES string of the molecule is CC(NCc1ccc2c(c1)OCCO2)c1nnc2ccccn12. The molecule has 1 aliphatic heterocycles. The van der Waals surface area contributed by atoms with E-state index in [0.29, 0.717) is 13.2 Å². The molecule has 6 nitrogen and oxygen atoms in total. The Balaban J connectivity index is 1.48. The maximum Gasteiger partial charge on any atom is 0.161 e. The number of nitrogens with one attached hydrogen (secondary N) is 1. The van der Waals surface area contributed by atoms with Crippen molar-refractivity contribution in [1.82, 2.24) is 19.9 Å². The molecule has 2 aromatic heterocycles. The van der Waals surface area contributed by atoms with Crippen LogP contribution in [-0.4, -0.2) is 27.8 Å². The summed E-state index contributed by atoms with van der Waals surface area (Å²) in [7, 11) is 0. The molecule has 1 aliphatic rings. The highest BCUT2D eigenvalue weighted by molar-refractivity contribution is 5.43. The van der Waals surface area contributed by atoms with Crippen molar-refractivity contribution in [2.45, 2.75) is 19.5 Å². The molecule has 3 heterocycles. The fourth-order valence-corrected chi connectivity index (χ4v) is 2.72. The minimum Gasteiger partial charge on any atom is -0.486 e. The number of ether oxygens (including phenoxy) is 2. The van der Waals surface area contributed by atoms with Crippen molar-refractivity contribution in [3.63, 3.8) is 0 Å². The molecule has 0 aliphatic carbocycles. The van der Waals surface area contributed by atoms with Gasteiger partial charge in [-0.15, -0.1) is 10.2 Å². The lowest BCUT2D eigenvalue weighted by atomic mass is 10.2. The van der Waals surface area contributed by atoms with E-state index in [1.807, 2.05) is 40.9 Å². The van der Waals surface area contributed by atoms with E-state index in [-0.39, 0.29) is 6.04 Å². The summed E-state index contributed by atoms with van der Waals surface area (Å²) in [5.74, 6) is 2.53. The van der Waals surface area contributed by atoms with Gasteiger partial charge in [0.1, 0.15) is 13.2 Å². The highest BCUT2D eigenvalue weighted by atomic mass is 16.6. The molecule has 1 N–H and O–H groups in total. The van der Waals surface area contributed by atoms with Crippen LogP contribution in [0.1, 0.15) is 24.4 Å². The van der Waals surface area contributed by atoms with Gasteiger partial charge in [-0.25, -0.2) is 0 Å². The summed E-state index contributed by atoms with van der Waals surface area (Å²) in [6, 6.07) is 12.0. The van der Waals surface area contributed by atoms with Gasteiger partial charge in [-0.05, 0) is 36.8 Å². The molecule has 1 aromatic carbocycles. The monoisotopic (exact) mass is 310 g/mol. The summed E-state index contributed by atoms with van der Waals surface area (Å²) in [4.78, 5) is 0. The molecule has 118 valence electrons. The van der Waals surface area contributed by atoms with Crippen molar-refractivity contribution in [2.75, 3.05) is 13.2 Å². The number of hydrogen-bond donors (Lipinski definition) is 1. The summed E-state index contributed by atoms with van der Waals surface area (Å²) in [5.41, 5.74) is 2.01. The van der Waals surface area contributed by atoms with Crippen LogP contribution in [0.3, 0.4) is 0 Å². The molecule has 1 atom stereocenters. The number of aromatic nitrogens is 3. The number of hydrogen-bond acceptors (Lipinski definition) is 5. The fraction of sp³-hybridized carbons (Fsp3) is 0.294. The van der Waals surface area contributed by atoms with Crippen LogP contribution in [-0.2, 0) is 6.54 Å². The van der Waals surface area contributed by atoms with Crippen LogP contribution < -0.4 is 14.8 Å². The van der Waals surface area contributed by atoms with Gasteiger partial charge in [-0.1, -0.05) is 12.1 Å². The lowest BCUT2D eigenvalue weighted by Gasteiger charge is -2.19. The summed E-state index contributed by atoms with van der Waals surface area (Å²) in [5, 5.41) is 12.0. The number of fused-ring (bicyclic) bond motifs is 2. The van der Waals surface area contributed by atoms with Crippen LogP contribution in [0.15, 0.2) is 42.6 Å². The van der Waals surface area contributed by atoms with E-state index in [0.717, 1.165) is 35.1 Å². The lowest BCUT2D eigenvalue weighted by Crippen LogP contribution is -2.21. The second kappa shape index (κ2) is 5.89. The first kappa shape index (κ1) is 14.0. The van der Waals surface area contributed by atoms with Gasteiger partial charge in [0, 0.05) is 12.7 Å². The van der Waals surface area contributed by atoms with Gasteiger partial charge >= 0.3 is 0 Å². The quantitative estimate of drug-likeness (QED) is 0.801. The van der Waals surface area contributed by atoms with Gasteiger partial charge in [-0.3, -0.25) is 4.40 Å². The van der Waals surface area contributed by atoms with Crippen molar-refractivity contribution < 1.29 is 9.47 Å². The second-order valence-electron chi connectivity index (χ2n) is 5.57. The van der Waals surface area contributed by atoms with Crippen LogP contribution in [0.5, 0.6) is 11.5 Å². The molecule has 0 amide bonds. The first-order valence-corrected chi connectivity index (χ1v) is 7.73. The average molecular weight is 310 g/mol. The average Bonchev–Trinajstić information content (AvgIpc) is 3.03. The highest BCUT2D eigenvalue weighted by Gasteiger charge is 2.14. The van der Waals surface area contributed by atoms with Gasteiger partial charge in [0.2, 0.25) is 0 Å². The van der Waals surface area contributed by atoms with E-state index in [9.17, 15) is 0 Å². The molecule has 0 bridgehead atoms. The minimum absolute atomic E-state index is 0.0839. The number of rotatable bonds is 4. The minimum atomic E-state index is 0.0839. The van der Waals surface area contributed by atoms with Crippen LogP contribution in [0.2, 0.25) is 0 Å². The zero-order valence-corrected chi connectivity index (χ0v) is 12.9. The topological polar surface area (TPSA) is 60.7 Å². The maximum atomic E-state index is 5.62. The molecule has 0 fully saturated rings. The van der Waals surface area contributed by atoms with E-state index >= 15 is 0 Å². The molecular formula is C17H18N4O2. The van der Waals surface area contributed by atoms with Crippen LogP contribution in [0.4, 0.5) is 0 Å². The normalized spacial score (nSPS) is 14.8. The van der Waals surface area contributed by atoms with Gasteiger partial charge in [-0.2, -0.15) is 0 Å². The standard InChI is InChI=1S/C17H18N4O2/c1-12(17-20-19-16-4-2-3-7-21(16)17)18-11-13-5-6-14-15(10-13)23-9-8-22-14/h2-7,10,12,18H,8-9,11H2,1H3. The number of pyridine rings is 1. The van der Waals surface area contributed by atoms with E-state index < -0.39 is 0 Å². The first-order chi connectivity index (χ1) is 11.3. The summed E-state index contributed by atoms with van der Waals surface area (Å²) >= 11 is 0. The zero-order chi connectivity index (χ0) is 15.6. The second-order valence-corrected chi connectivity index (χ2v) is 5.57. The largest absolute Gasteiger partial charge is 0.486 e. The molecule has 23 heavy (non-hydrogen) atoms. The van der Waals surface area contributed by atoms with Crippen LogP contribution in [0, 0.1) is 0 Å². The molecule has 0 saturated heterocycles. The molecule has 0 radical (unpaired) electrons. The third kappa shape index (κ3) is 2.73. The predicted molar refractivity (Wildman–Crippen MR) is 85.7 cm³/mol. The van der Waals surface area contributed by atoms with Crippen molar-refractivity contribution >= 4 is 5.65 Å².